The van der Waals surface area contributed by atoms with Gasteiger partial charge in [-0.2, -0.15) is 0 Å². The number of aromatic carboxylic acids is 1. The smallest absolute Gasteiger partial charge is 0.336 e. The number of nitro groups is 1. The maximum atomic E-state index is 11.9. The van der Waals surface area contributed by atoms with Crippen LogP contribution in [-0.2, 0) is 6.42 Å². The van der Waals surface area contributed by atoms with Crippen molar-refractivity contribution in [3.63, 3.8) is 0 Å². The lowest BCUT2D eigenvalue weighted by Crippen LogP contribution is -2.13. The van der Waals surface area contributed by atoms with E-state index in [9.17, 15) is 20.0 Å². The number of benzene rings is 2. The number of nitrogens with zero attached hydrogens (tertiary/aromatic N) is 2. The minimum atomic E-state index is -0.943. The first-order valence-corrected chi connectivity index (χ1v) is 8.65. The van der Waals surface area contributed by atoms with Gasteiger partial charge in [0, 0.05) is 17.5 Å². The Hall–Kier alpha value is -3.54. The standard InChI is InChI=1S/C21H16N2O4/c24-21(25)19-16-5-1-2-7-18(16)22-20-14(4-3-6-17(19)20)12-13-8-10-15(11-9-13)23(26)27/h1-2,5,7-12H,3-4,6H2,(H,24,25). The molecule has 0 atom stereocenters. The highest BCUT2D eigenvalue weighted by Gasteiger charge is 2.24. The van der Waals surface area contributed by atoms with Gasteiger partial charge in [0.05, 0.1) is 21.7 Å². The zero-order chi connectivity index (χ0) is 19.0. The highest BCUT2D eigenvalue weighted by Crippen LogP contribution is 2.36. The van der Waals surface area contributed by atoms with Crippen LogP contribution in [0.4, 0.5) is 5.69 Å². The van der Waals surface area contributed by atoms with Crippen molar-refractivity contribution in [1.82, 2.24) is 4.98 Å². The van der Waals surface area contributed by atoms with E-state index < -0.39 is 10.9 Å². The van der Waals surface area contributed by atoms with Crippen molar-refractivity contribution in [1.29, 1.82) is 0 Å². The van der Waals surface area contributed by atoms with Crippen LogP contribution >= 0.6 is 0 Å². The third-order valence-corrected chi connectivity index (χ3v) is 4.83. The molecule has 0 radical (unpaired) electrons. The Labute approximate surface area is 154 Å². The van der Waals surface area contributed by atoms with Gasteiger partial charge in [0.15, 0.2) is 0 Å². The molecule has 4 rings (SSSR count). The Kier molecular flexibility index (Phi) is 4.16. The number of nitro benzene ring substituents is 1. The molecule has 0 bridgehead atoms. The summed E-state index contributed by atoms with van der Waals surface area (Å²) in [4.78, 5) is 27.1. The van der Waals surface area contributed by atoms with E-state index in [2.05, 4.69) is 0 Å². The van der Waals surface area contributed by atoms with E-state index in [0.717, 1.165) is 35.2 Å². The fourth-order valence-electron chi connectivity index (χ4n) is 3.61. The number of carboxylic acids is 1. The van der Waals surface area contributed by atoms with E-state index in [1.807, 2.05) is 24.3 Å². The lowest BCUT2D eigenvalue weighted by molar-refractivity contribution is -0.384. The van der Waals surface area contributed by atoms with Crippen molar-refractivity contribution in [3.05, 3.63) is 81.0 Å². The summed E-state index contributed by atoms with van der Waals surface area (Å²) < 4.78 is 0. The van der Waals surface area contributed by atoms with Crippen LogP contribution < -0.4 is 0 Å². The Morgan fingerprint density at radius 1 is 1.11 bits per heavy atom. The number of fused-ring (bicyclic) bond motifs is 2. The van der Waals surface area contributed by atoms with E-state index in [0.29, 0.717) is 22.9 Å². The molecule has 3 aromatic rings. The molecule has 1 aliphatic rings. The average Bonchev–Trinajstić information content (AvgIpc) is 2.66. The molecular weight excluding hydrogens is 344 g/mol. The third-order valence-electron chi connectivity index (χ3n) is 4.83. The van der Waals surface area contributed by atoms with Crippen LogP contribution in [0.1, 0.15) is 40.0 Å². The van der Waals surface area contributed by atoms with Gasteiger partial charge in [0.1, 0.15) is 0 Å². The topological polar surface area (TPSA) is 93.3 Å². The van der Waals surface area contributed by atoms with Gasteiger partial charge in [-0.1, -0.05) is 18.2 Å². The fourth-order valence-corrected chi connectivity index (χ4v) is 3.61. The SMILES string of the molecule is O=C(O)c1c2c(nc3ccccc13)C(=Cc1ccc([N+](=O)[O-])cc1)CCC2. The number of non-ortho nitro benzene ring substituents is 1. The number of pyridine rings is 1. The molecule has 27 heavy (non-hydrogen) atoms. The van der Waals surface area contributed by atoms with Crippen LogP contribution in [0, 0.1) is 10.1 Å². The van der Waals surface area contributed by atoms with E-state index >= 15 is 0 Å². The molecule has 0 unspecified atom stereocenters. The maximum Gasteiger partial charge on any atom is 0.336 e. The second-order valence-corrected chi connectivity index (χ2v) is 6.51. The molecule has 0 fully saturated rings. The molecule has 1 aromatic heterocycles. The number of hydrogen-bond donors (Lipinski definition) is 1. The zero-order valence-electron chi connectivity index (χ0n) is 14.4. The average molecular weight is 360 g/mol. The van der Waals surface area contributed by atoms with Crippen LogP contribution in [0.5, 0.6) is 0 Å². The van der Waals surface area contributed by atoms with Crippen LogP contribution in [0.3, 0.4) is 0 Å². The number of allylic oxidation sites excluding steroid dienone is 1. The van der Waals surface area contributed by atoms with Crippen molar-refractivity contribution in [2.75, 3.05) is 0 Å². The summed E-state index contributed by atoms with van der Waals surface area (Å²) in [5, 5.41) is 21.3. The van der Waals surface area contributed by atoms with E-state index in [-0.39, 0.29) is 5.69 Å². The summed E-state index contributed by atoms with van der Waals surface area (Å²) in [5.74, 6) is -0.943. The summed E-state index contributed by atoms with van der Waals surface area (Å²) >= 11 is 0. The molecule has 1 N–H and O–H groups in total. The van der Waals surface area contributed by atoms with E-state index in [1.54, 1.807) is 18.2 Å². The first-order chi connectivity index (χ1) is 13.0. The lowest BCUT2D eigenvalue weighted by Gasteiger charge is -2.21. The van der Waals surface area contributed by atoms with Crippen LogP contribution in [0.15, 0.2) is 48.5 Å². The number of carbonyl (C=O) groups is 1. The minimum Gasteiger partial charge on any atom is -0.478 e. The molecule has 0 aliphatic heterocycles. The molecule has 0 saturated carbocycles. The van der Waals surface area contributed by atoms with Crippen molar-refractivity contribution >= 4 is 34.2 Å². The molecule has 6 nitrogen and oxygen atoms in total. The summed E-state index contributed by atoms with van der Waals surface area (Å²) in [6, 6.07) is 13.6. The quantitative estimate of drug-likeness (QED) is 0.539. The molecule has 134 valence electrons. The number of carboxylic acid groups (broad SMARTS) is 1. The zero-order valence-corrected chi connectivity index (χ0v) is 14.4. The highest BCUT2D eigenvalue weighted by atomic mass is 16.6. The Morgan fingerprint density at radius 2 is 1.85 bits per heavy atom. The Morgan fingerprint density at radius 3 is 2.56 bits per heavy atom. The molecule has 1 aliphatic carbocycles. The highest BCUT2D eigenvalue weighted by molar-refractivity contribution is 6.05. The van der Waals surface area contributed by atoms with Gasteiger partial charge in [0.25, 0.3) is 5.69 Å². The normalized spacial score (nSPS) is 14.9. The van der Waals surface area contributed by atoms with Gasteiger partial charge in [0.2, 0.25) is 0 Å². The molecule has 6 heteroatoms. The molecule has 1 heterocycles. The van der Waals surface area contributed by atoms with Gasteiger partial charge in [-0.3, -0.25) is 10.1 Å². The molecule has 0 amide bonds. The third kappa shape index (κ3) is 3.06. The van der Waals surface area contributed by atoms with Gasteiger partial charge in [-0.25, -0.2) is 9.78 Å². The molecular formula is C21H16N2O4. The minimum absolute atomic E-state index is 0.0403. The van der Waals surface area contributed by atoms with Gasteiger partial charge in [-0.15, -0.1) is 0 Å². The van der Waals surface area contributed by atoms with Crippen LogP contribution in [0.2, 0.25) is 0 Å². The predicted octanol–water partition coefficient (Wildman–Crippen LogP) is 4.72. The molecule has 0 saturated heterocycles. The van der Waals surface area contributed by atoms with Crippen LogP contribution in [0.25, 0.3) is 22.6 Å². The van der Waals surface area contributed by atoms with Crippen molar-refractivity contribution in [2.45, 2.75) is 19.3 Å². The Bertz CT molecular complexity index is 1100. The summed E-state index contributed by atoms with van der Waals surface area (Å²) in [5.41, 5.74) is 4.29. The summed E-state index contributed by atoms with van der Waals surface area (Å²) in [6.07, 6.45) is 4.24. The lowest BCUT2D eigenvalue weighted by atomic mass is 9.86. The molecule has 2 aromatic carbocycles. The number of aromatic nitrogens is 1. The van der Waals surface area contributed by atoms with Gasteiger partial charge in [-0.05, 0) is 60.2 Å². The predicted molar refractivity (Wildman–Crippen MR) is 103 cm³/mol. The monoisotopic (exact) mass is 360 g/mol. The first-order valence-electron chi connectivity index (χ1n) is 8.65. The maximum absolute atomic E-state index is 11.9. The van der Waals surface area contributed by atoms with Crippen molar-refractivity contribution in [3.8, 4) is 0 Å². The first kappa shape index (κ1) is 16.9. The second-order valence-electron chi connectivity index (χ2n) is 6.51. The Balaban J connectivity index is 1.88. The van der Waals surface area contributed by atoms with Gasteiger partial charge < -0.3 is 5.11 Å². The van der Waals surface area contributed by atoms with E-state index in [1.165, 1.54) is 12.1 Å². The summed E-state index contributed by atoms with van der Waals surface area (Å²) in [6.45, 7) is 0. The molecule has 0 spiro atoms. The second kappa shape index (κ2) is 6.64. The summed E-state index contributed by atoms with van der Waals surface area (Å²) in [7, 11) is 0. The largest absolute Gasteiger partial charge is 0.478 e. The van der Waals surface area contributed by atoms with Gasteiger partial charge >= 0.3 is 5.97 Å². The number of hydrogen-bond acceptors (Lipinski definition) is 4. The van der Waals surface area contributed by atoms with Crippen molar-refractivity contribution < 1.29 is 14.8 Å². The van der Waals surface area contributed by atoms with Crippen LogP contribution in [-0.4, -0.2) is 21.0 Å². The number of rotatable bonds is 3. The fraction of sp³-hybridized carbons (Fsp3) is 0.143. The number of para-hydroxylation sites is 1. The van der Waals surface area contributed by atoms with E-state index in [4.69, 9.17) is 4.98 Å². The van der Waals surface area contributed by atoms with Crippen molar-refractivity contribution in [2.24, 2.45) is 0 Å².